The lowest BCUT2D eigenvalue weighted by Crippen LogP contribution is -2.26. The molecule has 9 heteroatoms. The minimum absolute atomic E-state index is 0.278. The number of carbonyl (C=O) groups excluding carboxylic acids is 1. The van der Waals surface area contributed by atoms with Crippen molar-refractivity contribution in [2.45, 2.75) is 12.5 Å². The molecule has 0 saturated heterocycles. The van der Waals surface area contributed by atoms with Gasteiger partial charge in [0.05, 0.1) is 23.9 Å². The van der Waals surface area contributed by atoms with Crippen LogP contribution in [-0.4, -0.2) is 31.3 Å². The predicted molar refractivity (Wildman–Crippen MR) is 110 cm³/mol. The Morgan fingerprint density at radius 1 is 1.13 bits per heavy atom. The van der Waals surface area contributed by atoms with Gasteiger partial charge in [-0.15, -0.1) is 0 Å². The molecule has 1 aromatic heterocycles. The minimum atomic E-state index is -3.50. The van der Waals surface area contributed by atoms with Crippen LogP contribution < -0.4 is 4.72 Å². The normalized spacial score (nSPS) is 16.4. The summed E-state index contributed by atoms with van der Waals surface area (Å²) >= 11 is 0. The average molecular weight is 427 g/mol. The maximum absolute atomic E-state index is 13.3. The van der Waals surface area contributed by atoms with E-state index in [0.717, 1.165) is 6.26 Å². The van der Waals surface area contributed by atoms with Crippen molar-refractivity contribution in [3.8, 4) is 0 Å². The van der Waals surface area contributed by atoms with Crippen LogP contribution in [0, 0.1) is 5.82 Å². The summed E-state index contributed by atoms with van der Waals surface area (Å²) in [7, 11) is -3.50. The highest BCUT2D eigenvalue weighted by Crippen LogP contribution is 2.35. The van der Waals surface area contributed by atoms with Crippen LogP contribution in [0.3, 0.4) is 0 Å². The molecule has 7 nitrogen and oxygen atoms in total. The van der Waals surface area contributed by atoms with Crippen LogP contribution in [0.15, 0.2) is 76.4 Å². The second-order valence-corrected chi connectivity index (χ2v) is 8.61. The van der Waals surface area contributed by atoms with Crippen molar-refractivity contribution in [2.24, 2.45) is 5.10 Å². The molecule has 0 fully saturated rings. The smallest absolute Gasteiger partial charge is 0.274 e. The summed E-state index contributed by atoms with van der Waals surface area (Å²) in [5.74, 6) is -0.321. The number of amides is 1. The molecule has 0 bridgehead atoms. The topological polar surface area (TPSA) is 92.0 Å². The summed E-state index contributed by atoms with van der Waals surface area (Å²) in [5.41, 5.74) is 1.74. The number of anilines is 1. The van der Waals surface area contributed by atoms with E-state index in [-0.39, 0.29) is 5.56 Å². The number of hydrogen-bond acceptors (Lipinski definition) is 5. The minimum Gasteiger partial charge on any atom is -0.467 e. The Bertz CT molecular complexity index is 1210. The fraction of sp³-hybridized carbons (Fsp3) is 0.143. The summed E-state index contributed by atoms with van der Waals surface area (Å²) in [6.07, 6.45) is 2.90. The first-order valence-corrected chi connectivity index (χ1v) is 11.0. The molecule has 30 heavy (non-hydrogen) atoms. The summed E-state index contributed by atoms with van der Waals surface area (Å²) in [4.78, 5) is 13.1. The van der Waals surface area contributed by atoms with E-state index in [1.807, 2.05) is 0 Å². The van der Waals surface area contributed by atoms with Gasteiger partial charge >= 0.3 is 0 Å². The van der Waals surface area contributed by atoms with E-state index >= 15 is 0 Å². The van der Waals surface area contributed by atoms with Crippen molar-refractivity contribution >= 4 is 27.3 Å². The molecule has 154 valence electrons. The van der Waals surface area contributed by atoms with E-state index < -0.39 is 27.8 Å². The Labute approximate surface area is 172 Å². The third-order valence-corrected chi connectivity index (χ3v) is 5.21. The van der Waals surface area contributed by atoms with Gasteiger partial charge in [0.25, 0.3) is 5.91 Å². The number of sulfonamides is 1. The maximum atomic E-state index is 13.3. The van der Waals surface area contributed by atoms with Gasteiger partial charge in [-0.1, -0.05) is 18.2 Å². The molecule has 1 aliphatic heterocycles. The SMILES string of the molecule is CS(=O)(=O)Nc1ccccc1C1=NN(C(=O)c2ccc(F)cc2)[C@@H](c2ccco2)C1. The van der Waals surface area contributed by atoms with Gasteiger partial charge in [-0.3, -0.25) is 9.52 Å². The molecule has 2 heterocycles. The average Bonchev–Trinajstić information content (AvgIpc) is 3.37. The number of benzene rings is 2. The van der Waals surface area contributed by atoms with Crippen LogP contribution in [-0.2, 0) is 10.0 Å². The molecule has 1 N–H and O–H groups in total. The van der Waals surface area contributed by atoms with Gasteiger partial charge in [-0.25, -0.2) is 17.8 Å². The molecular weight excluding hydrogens is 409 g/mol. The molecule has 1 atom stereocenters. The van der Waals surface area contributed by atoms with Crippen LogP contribution >= 0.6 is 0 Å². The predicted octanol–water partition coefficient (Wildman–Crippen LogP) is 3.78. The van der Waals surface area contributed by atoms with Gasteiger partial charge in [0.2, 0.25) is 10.0 Å². The lowest BCUT2D eigenvalue weighted by atomic mass is 10.0. The molecule has 1 aliphatic rings. The summed E-state index contributed by atoms with van der Waals surface area (Å²) < 4.78 is 44.7. The highest BCUT2D eigenvalue weighted by atomic mass is 32.2. The zero-order chi connectivity index (χ0) is 21.3. The number of rotatable bonds is 5. The molecular formula is C21H18FN3O4S. The molecule has 0 aliphatic carbocycles. The van der Waals surface area contributed by atoms with E-state index in [9.17, 15) is 17.6 Å². The molecule has 0 unspecified atom stereocenters. The van der Waals surface area contributed by atoms with Gasteiger partial charge in [0, 0.05) is 17.5 Å². The van der Waals surface area contributed by atoms with Gasteiger partial charge in [-0.05, 0) is 42.5 Å². The van der Waals surface area contributed by atoms with Crippen molar-refractivity contribution in [2.75, 3.05) is 11.0 Å². The van der Waals surface area contributed by atoms with E-state index in [1.54, 1.807) is 36.4 Å². The fourth-order valence-corrected chi connectivity index (χ4v) is 3.89. The summed E-state index contributed by atoms with van der Waals surface area (Å²) in [6, 6.07) is 15.0. The van der Waals surface area contributed by atoms with Crippen LogP contribution in [0.5, 0.6) is 0 Å². The molecule has 0 saturated carbocycles. The highest BCUT2D eigenvalue weighted by Gasteiger charge is 2.36. The molecule has 0 spiro atoms. The monoisotopic (exact) mass is 427 g/mol. The highest BCUT2D eigenvalue weighted by molar-refractivity contribution is 7.92. The van der Waals surface area contributed by atoms with Crippen LogP contribution in [0.4, 0.5) is 10.1 Å². The first kappa shape index (κ1) is 19.8. The van der Waals surface area contributed by atoms with Crippen LogP contribution in [0.2, 0.25) is 0 Å². The van der Waals surface area contributed by atoms with E-state index in [4.69, 9.17) is 4.42 Å². The van der Waals surface area contributed by atoms with Crippen LogP contribution in [0.1, 0.15) is 34.1 Å². The standard InChI is InChI=1S/C21H18FN3O4S/c1-30(27,28)24-17-6-3-2-5-16(17)18-13-19(20-7-4-12-29-20)25(23-18)21(26)14-8-10-15(22)11-9-14/h2-12,19,24H,13H2,1H3/t19-/m1/s1. The van der Waals surface area contributed by atoms with E-state index in [2.05, 4.69) is 9.82 Å². The lowest BCUT2D eigenvalue weighted by Gasteiger charge is -2.19. The van der Waals surface area contributed by atoms with Gasteiger partial charge in [-0.2, -0.15) is 5.10 Å². The Hall–Kier alpha value is -3.46. The molecule has 3 aromatic rings. The van der Waals surface area contributed by atoms with Crippen molar-refractivity contribution in [3.05, 3.63) is 89.6 Å². The number of nitrogens with zero attached hydrogens (tertiary/aromatic N) is 2. The number of para-hydroxylation sites is 1. The summed E-state index contributed by atoms with van der Waals surface area (Å²) in [6.45, 7) is 0. The molecule has 0 radical (unpaired) electrons. The van der Waals surface area contributed by atoms with Crippen molar-refractivity contribution in [3.63, 3.8) is 0 Å². The van der Waals surface area contributed by atoms with E-state index in [0.29, 0.717) is 29.1 Å². The Kier molecular flexibility index (Phi) is 5.13. The third kappa shape index (κ3) is 4.11. The Morgan fingerprint density at radius 2 is 1.87 bits per heavy atom. The Balaban J connectivity index is 1.74. The zero-order valence-electron chi connectivity index (χ0n) is 15.9. The molecule has 2 aromatic carbocycles. The van der Waals surface area contributed by atoms with Crippen molar-refractivity contribution < 1.29 is 22.0 Å². The number of hydrazone groups is 1. The van der Waals surface area contributed by atoms with Gasteiger partial charge in [0.15, 0.2) is 0 Å². The summed E-state index contributed by atoms with van der Waals surface area (Å²) in [5, 5.41) is 5.79. The van der Waals surface area contributed by atoms with Crippen LogP contribution in [0.25, 0.3) is 0 Å². The number of hydrogen-bond donors (Lipinski definition) is 1. The molecule has 4 rings (SSSR count). The van der Waals surface area contributed by atoms with E-state index in [1.165, 1.54) is 35.5 Å². The Morgan fingerprint density at radius 3 is 2.53 bits per heavy atom. The fourth-order valence-electron chi connectivity index (χ4n) is 3.31. The van der Waals surface area contributed by atoms with Gasteiger partial charge < -0.3 is 4.42 Å². The number of nitrogens with one attached hydrogen (secondary N) is 1. The first-order valence-electron chi connectivity index (χ1n) is 9.09. The number of furan rings is 1. The second-order valence-electron chi connectivity index (χ2n) is 6.86. The molecule has 1 amide bonds. The third-order valence-electron chi connectivity index (χ3n) is 4.61. The quantitative estimate of drug-likeness (QED) is 0.671. The second kappa shape index (κ2) is 7.75. The number of carbonyl (C=O) groups is 1. The zero-order valence-corrected chi connectivity index (χ0v) is 16.8. The van der Waals surface area contributed by atoms with Gasteiger partial charge in [0.1, 0.15) is 17.6 Å². The lowest BCUT2D eigenvalue weighted by molar-refractivity contribution is 0.0693. The largest absolute Gasteiger partial charge is 0.467 e. The number of halogens is 1. The maximum Gasteiger partial charge on any atom is 0.274 e. The van der Waals surface area contributed by atoms with Crippen molar-refractivity contribution in [1.29, 1.82) is 0 Å². The first-order chi connectivity index (χ1) is 14.3. The van der Waals surface area contributed by atoms with Crippen molar-refractivity contribution in [1.82, 2.24) is 5.01 Å².